The van der Waals surface area contributed by atoms with E-state index in [4.69, 9.17) is 4.52 Å². The van der Waals surface area contributed by atoms with Crippen LogP contribution in [0, 0.1) is 0 Å². The van der Waals surface area contributed by atoms with Crippen LogP contribution < -0.4 is 5.32 Å². The summed E-state index contributed by atoms with van der Waals surface area (Å²) in [6, 6.07) is 5.85. The molecule has 0 unspecified atom stereocenters. The highest BCUT2D eigenvalue weighted by Gasteiger charge is 2.20. The zero-order valence-corrected chi connectivity index (χ0v) is 16.0. The molecule has 0 saturated carbocycles. The number of rotatable bonds is 6. The second-order valence-corrected chi connectivity index (χ2v) is 8.26. The molecule has 3 aromatic heterocycles. The van der Waals surface area contributed by atoms with Crippen LogP contribution in [0.5, 0.6) is 0 Å². The lowest BCUT2D eigenvalue weighted by atomic mass is 9.93. The molecule has 0 saturated heterocycles. The van der Waals surface area contributed by atoms with Crippen LogP contribution in [-0.4, -0.2) is 21.0 Å². The number of aromatic nitrogens is 3. The molecule has 1 amide bonds. The molecule has 26 heavy (non-hydrogen) atoms. The maximum absolute atomic E-state index is 12.2. The van der Waals surface area contributed by atoms with Crippen LogP contribution in [0.25, 0.3) is 0 Å². The number of thiazole rings is 1. The van der Waals surface area contributed by atoms with E-state index in [9.17, 15) is 4.79 Å². The van der Waals surface area contributed by atoms with E-state index < -0.39 is 0 Å². The van der Waals surface area contributed by atoms with E-state index in [2.05, 4.69) is 20.4 Å². The molecule has 3 aromatic rings. The summed E-state index contributed by atoms with van der Waals surface area (Å²) in [4.78, 5) is 21.6. The van der Waals surface area contributed by atoms with E-state index in [1.54, 1.807) is 12.4 Å². The van der Waals surface area contributed by atoms with Crippen LogP contribution in [0.4, 0.5) is 5.13 Å². The second kappa shape index (κ2) is 7.78. The Balaban J connectivity index is 1.52. The highest BCUT2D eigenvalue weighted by Crippen LogP contribution is 2.23. The summed E-state index contributed by atoms with van der Waals surface area (Å²) < 4.78 is 5.31. The van der Waals surface area contributed by atoms with E-state index in [0.717, 1.165) is 23.5 Å². The number of aryl methyl sites for hydroxylation is 2. The number of hydrogen-bond donors (Lipinski definition) is 1. The molecule has 0 aliphatic carbocycles. The van der Waals surface area contributed by atoms with E-state index in [0.29, 0.717) is 10.8 Å². The van der Waals surface area contributed by atoms with Gasteiger partial charge in [-0.3, -0.25) is 9.78 Å². The van der Waals surface area contributed by atoms with E-state index in [1.807, 2.05) is 45.2 Å². The quantitative estimate of drug-likeness (QED) is 0.714. The maximum atomic E-state index is 12.2. The summed E-state index contributed by atoms with van der Waals surface area (Å²) in [5.74, 6) is 0.627. The second-order valence-electron chi connectivity index (χ2n) is 7.14. The molecule has 1 N–H and O–H groups in total. The molecule has 7 heteroatoms. The summed E-state index contributed by atoms with van der Waals surface area (Å²) in [7, 11) is 0. The summed E-state index contributed by atoms with van der Waals surface area (Å²) >= 11 is 1.50. The van der Waals surface area contributed by atoms with Gasteiger partial charge in [-0.1, -0.05) is 25.9 Å². The lowest BCUT2D eigenvalue weighted by Gasteiger charge is -2.12. The average Bonchev–Trinajstić information content (AvgIpc) is 3.23. The zero-order valence-electron chi connectivity index (χ0n) is 15.2. The van der Waals surface area contributed by atoms with Crippen molar-refractivity contribution in [2.75, 3.05) is 5.32 Å². The molecule has 0 bridgehead atoms. The van der Waals surface area contributed by atoms with Crippen molar-refractivity contribution in [1.82, 2.24) is 15.1 Å². The summed E-state index contributed by atoms with van der Waals surface area (Å²) in [6.45, 7) is 6.13. The van der Waals surface area contributed by atoms with Gasteiger partial charge in [-0.25, -0.2) is 4.98 Å². The Labute approximate surface area is 156 Å². The van der Waals surface area contributed by atoms with Gasteiger partial charge in [0.2, 0.25) is 5.91 Å². The summed E-state index contributed by atoms with van der Waals surface area (Å²) in [5, 5.41) is 7.42. The average molecular weight is 370 g/mol. The maximum Gasteiger partial charge on any atom is 0.232 e. The van der Waals surface area contributed by atoms with Crippen molar-refractivity contribution in [1.29, 1.82) is 0 Å². The van der Waals surface area contributed by atoms with Crippen LogP contribution in [-0.2, 0) is 29.5 Å². The molecular formula is C19H22N4O2S. The van der Waals surface area contributed by atoms with Crippen LogP contribution in [0.15, 0.2) is 41.3 Å². The third kappa shape index (κ3) is 4.98. The monoisotopic (exact) mass is 370 g/mol. The first-order valence-corrected chi connectivity index (χ1v) is 9.31. The predicted octanol–water partition coefficient (Wildman–Crippen LogP) is 3.79. The van der Waals surface area contributed by atoms with Gasteiger partial charge in [0, 0.05) is 34.9 Å². The van der Waals surface area contributed by atoms with E-state index >= 15 is 0 Å². The van der Waals surface area contributed by atoms with Crippen LogP contribution in [0.2, 0.25) is 0 Å². The van der Waals surface area contributed by atoms with Gasteiger partial charge in [0.05, 0.1) is 12.1 Å². The highest BCUT2D eigenvalue weighted by atomic mass is 32.1. The molecule has 3 heterocycles. The fourth-order valence-corrected chi connectivity index (χ4v) is 3.20. The van der Waals surface area contributed by atoms with E-state index in [-0.39, 0.29) is 17.7 Å². The molecule has 0 aliphatic heterocycles. The van der Waals surface area contributed by atoms with E-state index in [1.165, 1.54) is 16.9 Å². The van der Waals surface area contributed by atoms with Crippen LogP contribution >= 0.6 is 11.3 Å². The number of anilines is 1. The van der Waals surface area contributed by atoms with Crippen molar-refractivity contribution in [3.63, 3.8) is 0 Å². The molecule has 3 rings (SSSR count). The number of carbonyl (C=O) groups is 1. The van der Waals surface area contributed by atoms with Crippen molar-refractivity contribution < 1.29 is 9.32 Å². The lowest BCUT2D eigenvalue weighted by molar-refractivity contribution is -0.115. The topological polar surface area (TPSA) is 80.9 Å². The molecule has 0 spiro atoms. The minimum atomic E-state index is -0.145. The van der Waals surface area contributed by atoms with Gasteiger partial charge in [0.15, 0.2) is 5.13 Å². The van der Waals surface area contributed by atoms with Gasteiger partial charge in [-0.2, -0.15) is 0 Å². The Morgan fingerprint density at radius 3 is 2.69 bits per heavy atom. The molecule has 0 fully saturated rings. The molecule has 0 radical (unpaired) electrons. The fraction of sp³-hybridized carbons (Fsp3) is 0.368. The van der Waals surface area contributed by atoms with Gasteiger partial charge in [-0.15, -0.1) is 11.3 Å². The molecule has 0 atom stereocenters. The van der Waals surface area contributed by atoms with Gasteiger partial charge >= 0.3 is 0 Å². The van der Waals surface area contributed by atoms with Gasteiger partial charge < -0.3 is 9.84 Å². The number of nitrogens with zero attached hydrogens (tertiary/aromatic N) is 3. The summed E-state index contributed by atoms with van der Waals surface area (Å²) in [5.41, 5.74) is 1.74. The number of nitrogens with one attached hydrogen (secondary N) is 1. The minimum Gasteiger partial charge on any atom is -0.361 e. The van der Waals surface area contributed by atoms with Crippen molar-refractivity contribution in [2.24, 2.45) is 0 Å². The van der Waals surface area contributed by atoms with Crippen molar-refractivity contribution in [3.05, 3.63) is 58.7 Å². The Bertz CT molecular complexity index is 865. The smallest absolute Gasteiger partial charge is 0.232 e. The molecule has 136 valence electrons. The fourth-order valence-electron chi connectivity index (χ4n) is 2.37. The Morgan fingerprint density at radius 2 is 2.00 bits per heavy atom. The molecule has 0 aliphatic rings. The lowest BCUT2D eigenvalue weighted by Crippen LogP contribution is -2.14. The normalized spacial score (nSPS) is 11.5. The first kappa shape index (κ1) is 18.3. The zero-order chi connectivity index (χ0) is 18.6. The standard InChI is InChI=1S/C19H22N4O2S/c1-19(2,3)16-10-14(23-25-16)11-17(24)22-18-21-12-15(26-18)5-4-13-6-8-20-9-7-13/h6-10,12H,4-5,11H2,1-3H3,(H,21,22,24). The third-order valence-corrected chi connectivity index (χ3v) is 4.82. The first-order chi connectivity index (χ1) is 12.4. The molecule has 0 aromatic carbocycles. The first-order valence-electron chi connectivity index (χ1n) is 8.50. The van der Waals surface area contributed by atoms with Crippen molar-refractivity contribution in [3.8, 4) is 0 Å². The number of pyridine rings is 1. The summed E-state index contributed by atoms with van der Waals surface area (Å²) in [6.07, 6.45) is 7.38. The largest absolute Gasteiger partial charge is 0.361 e. The van der Waals surface area contributed by atoms with Gasteiger partial charge in [0.1, 0.15) is 5.76 Å². The van der Waals surface area contributed by atoms with Crippen LogP contribution in [0.1, 0.15) is 42.7 Å². The Hall–Kier alpha value is -2.54. The Morgan fingerprint density at radius 1 is 1.23 bits per heavy atom. The number of carbonyl (C=O) groups excluding carboxylic acids is 1. The SMILES string of the molecule is CC(C)(C)c1cc(CC(=O)Nc2ncc(CCc3ccncc3)s2)no1. The Kier molecular flexibility index (Phi) is 5.46. The predicted molar refractivity (Wildman–Crippen MR) is 101 cm³/mol. The van der Waals surface area contributed by atoms with Crippen molar-refractivity contribution in [2.45, 2.75) is 45.4 Å². The van der Waals surface area contributed by atoms with Gasteiger partial charge in [-0.05, 0) is 30.5 Å². The molecular weight excluding hydrogens is 348 g/mol. The number of hydrogen-bond acceptors (Lipinski definition) is 6. The third-order valence-electron chi connectivity index (χ3n) is 3.85. The number of amides is 1. The van der Waals surface area contributed by atoms with Crippen LogP contribution in [0.3, 0.4) is 0 Å². The molecule has 6 nitrogen and oxygen atoms in total. The minimum absolute atomic E-state index is 0.124. The van der Waals surface area contributed by atoms with Crippen molar-refractivity contribution >= 4 is 22.4 Å². The van der Waals surface area contributed by atoms with Gasteiger partial charge in [0.25, 0.3) is 0 Å². The highest BCUT2D eigenvalue weighted by molar-refractivity contribution is 7.15.